The Morgan fingerprint density at radius 1 is 1.46 bits per heavy atom. The quantitative estimate of drug-likeness (QED) is 0.575. The second-order valence-electron chi connectivity index (χ2n) is 3.51. The molecule has 5 heteroatoms. The van der Waals surface area contributed by atoms with E-state index in [1.54, 1.807) is 4.90 Å². The zero-order valence-electron chi connectivity index (χ0n) is 7.27. The third-order valence-corrected chi connectivity index (χ3v) is 2.77. The molecule has 2 heterocycles. The van der Waals surface area contributed by atoms with Crippen LogP contribution in [0.2, 0.25) is 0 Å². The highest BCUT2D eigenvalue weighted by Crippen LogP contribution is 2.22. The summed E-state index contributed by atoms with van der Waals surface area (Å²) >= 11 is 0. The van der Waals surface area contributed by atoms with Crippen LogP contribution in [-0.4, -0.2) is 52.6 Å². The minimum absolute atomic E-state index is 0.136. The molecule has 0 aromatic carbocycles. The van der Waals surface area contributed by atoms with E-state index in [0.29, 0.717) is 26.1 Å². The van der Waals surface area contributed by atoms with Gasteiger partial charge in [-0.05, 0) is 6.42 Å². The van der Waals surface area contributed by atoms with Gasteiger partial charge in [-0.1, -0.05) is 0 Å². The van der Waals surface area contributed by atoms with Crippen molar-refractivity contribution in [2.75, 3.05) is 19.6 Å². The van der Waals surface area contributed by atoms with Gasteiger partial charge in [-0.25, -0.2) is 4.79 Å². The van der Waals surface area contributed by atoms with Gasteiger partial charge in [-0.3, -0.25) is 4.79 Å². The predicted molar refractivity (Wildman–Crippen MR) is 44.3 cm³/mol. The molecule has 5 nitrogen and oxygen atoms in total. The number of amides is 2. The highest BCUT2D eigenvalue weighted by atomic mass is 16.4. The Labute approximate surface area is 75.9 Å². The SMILES string of the molecule is O=C(O)N1CCN2C(=O)CCC2C1. The van der Waals surface area contributed by atoms with Crippen molar-refractivity contribution >= 4 is 12.0 Å². The molecule has 1 atom stereocenters. The van der Waals surface area contributed by atoms with Crippen LogP contribution in [0.15, 0.2) is 0 Å². The van der Waals surface area contributed by atoms with E-state index in [-0.39, 0.29) is 11.9 Å². The summed E-state index contributed by atoms with van der Waals surface area (Å²) < 4.78 is 0. The fraction of sp³-hybridized carbons (Fsp3) is 0.750. The number of nitrogens with zero attached hydrogens (tertiary/aromatic N) is 2. The lowest BCUT2D eigenvalue weighted by molar-refractivity contribution is -0.130. The Morgan fingerprint density at radius 3 is 2.92 bits per heavy atom. The van der Waals surface area contributed by atoms with Crippen LogP contribution >= 0.6 is 0 Å². The molecule has 1 unspecified atom stereocenters. The van der Waals surface area contributed by atoms with Crippen molar-refractivity contribution in [3.8, 4) is 0 Å². The van der Waals surface area contributed by atoms with E-state index in [9.17, 15) is 9.59 Å². The lowest BCUT2D eigenvalue weighted by Crippen LogP contribution is -2.52. The molecule has 0 saturated carbocycles. The Kier molecular flexibility index (Phi) is 1.86. The maximum atomic E-state index is 11.2. The summed E-state index contributed by atoms with van der Waals surface area (Å²) in [6.45, 7) is 1.51. The van der Waals surface area contributed by atoms with Crippen LogP contribution in [0.4, 0.5) is 4.79 Å². The van der Waals surface area contributed by atoms with Gasteiger partial charge in [0.25, 0.3) is 0 Å². The van der Waals surface area contributed by atoms with Crippen molar-refractivity contribution in [1.82, 2.24) is 9.80 Å². The second kappa shape index (κ2) is 2.90. The van der Waals surface area contributed by atoms with Crippen molar-refractivity contribution in [1.29, 1.82) is 0 Å². The first kappa shape index (κ1) is 8.34. The maximum absolute atomic E-state index is 11.2. The van der Waals surface area contributed by atoms with Gasteiger partial charge >= 0.3 is 6.09 Å². The molecule has 2 fully saturated rings. The molecular formula is C8H12N2O3. The maximum Gasteiger partial charge on any atom is 0.407 e. The summed E-state index contributed by atoms with van der Waals surface area (Å²) in [5.41, 5.74) is 0. The molecule has 2 rings (SSSR count). The fourth-order valence-electron chi connectivity index (χ4n) is 2.04. The topological polar surface area (TPSA) is 60.9 Å². The molecule has 2 aliphatic rings. The van der Waals surface area contributed by atoms with Gasteiger partial charge in [0.15, 0.2) is 0 Å². The number of carboxylic acid groups (broad SMARTS) is 1. The van der Waals surface area contributed by atoms with E-state index < -0.39 is 6.09 Å². The molecule has 72 valence electrons. The average molecular weight is 184 g/mol. The van der Waals surface area contributed by atoms with Gasteiger partial charge in [-0.2, -0.15) is 0 Å². The van der Waals surface area contributed by atoms with Crippen LogP contribution in [0.1, 0.15) is 12.8 Å². The Hall–Kier alpha value is -1.26. The lowest BCUT2D eigenvalue weighted by atomic mass is 10.2. The monoisotopic (exact) mass is 184 g/mol. The Bertz CT molecular complexity index is 254. The van der Waals surface area contributed by atoms with Gasteiger partial charge in [-0.15, -0.1) is 0 Å². The van der Waals surface area contributed by atoms with Gasteiger partial charge in [0.1, 0.15) is 0 Å². The van der Waals surface area contributed by atoms with Crippen molar-refractivity contribution in [2.45, 2.75) is 18.9 Å². The molecule has 0 spiro atoms. The van der Waals surface area contributed by atoms with Gasteiger partial charge in [0, 0.05) is 32.1 Å². The third-order valence-electron chi connectivity index (χ3n) is 2.77. The van der Waals surface area contributed by atoms with E-state index in [1.165, 1.54) is 4.90 Å². The van der Waals surface area contributed by atoms with Crippen LogP contribution in [0, 0.1) is 0 Å². The molecule has 2 amide bonds. The molecule has 0 aromatic heterocycles. The smallest absolute Gasteiger partial charge is 0.407 e. The first-order chi connectivity index (χ1) is 6.18. The number of carbonyl (C=O) groups is 2. The summed E-state index contributed by atoms with van der Waals surface area (Å²) in [6, 6.07) is 0.136. The number of carbonyl (C=O) groups excluding carboxylic acids is 1. The van der Waals surface area contributed by atoms with Crippen LogP contribution < -0.4 is 0 Å². The molecule has 1 N–H and O–H groups in total. The number of fused-ring (bicyclic) bond motifs is 1. The molecule has 13 heavy (non-hydrogen) atoms. The van der Waals surface area contributed by atoms with E-state index in [4.69, 9.17) is 5.11 Å². The highest BCUT2D eigenvalue weighted by molar-refractivity contribution is 5.79. The Morgan fingerprint density at radius 2 is 2.23 bits per heavy atom. The van der Waals surface area contributed by atoms with Crippen LogP contribution in [0.5, 0.6) is 0 Å². The van der Waals surface area contributed by atoms with Crippen LogP contribution in [0.25, 0.3) is 0 Å². The van der Waals surface area contributed by atoms with Crippen molar-refractivity contribution < 1.29 is 14.7 Å². The first-order valence-electron chi connectivity index (χ1n) is 4.46. The van der Waals surface area contributed by atoms with Gasteiger partial charge in [0.05, 0.1) is 0 Å². The summed E-state index contributed by atoms with van der Waals surface area (Å²) in [5.74, 6) is 0.176. The molecular weight excluding hydrogens is 172 g/mol. The highest BCUT2D eigenvalue weighted by Gasteiger charge is 2.36. The molecule has 2 aliphatic heterocycles. The largest absolute Gasteiger partial charge is 0.465 e. The number of hydrogen-bond donors (Lipinski definition) is 1. The predicted octanol–water partition coefficient (Wildman–Crippen LogP) is -0.0290. The summed E-state index contributed by atoms with van der Waals surface area (Å²) in [6.07, 6.45) is 0.514. The standard InChI is InChI=1S/C8H12N2O3/c11-7-2-1-6-5-9(8(12)13)3-4-10(6)7/h6H,1-5H2,(H,12,13). The minimum atomic E-state index is -0.876. The summed E-state index contributed by atoms with van der Waals surface area (Å²) in [7, 11) is 0. The average Bonchev–Trinajstić information content (AvgIpc) is 2.47. The first-order valence-corrected chi connectivity index (χ1v) is 4.46. The number of rotatable bonds is 0. The molecule has 0 radical (unpaired) electrons. The summed E-state index contributed by atoms with van der Waals surface area (Å²) in [5, 5.41) is 8.75. The van der Waals surface area contributed by atoms with Gasteiger partial charge in [0.2, 0.25) is 5.91 Å². The van der Waals surface area contributed by atoms with E-state index in [0.717, 1.165) is 6.42 Å². The van der Waals surface area contributed by atoms with Crippen molar-refractivity contribution in [3.63, 3.8) is 0 Å². The molecule has 0 aliphatic carbocycles. The number of piperazine rings is 1. The van der Waals surface area contributed by atoms with E-state index >= 15 is 0 Å². The normalized spacial score (nSPS) is 27.7. The third kappa shape index (κ3) is 1.34. The second-order valence-corrected chi connectivity index (χ2v) is 3.51. The van der Waals surface area contributed by atoms with Crippen LogP contribution in [-0.2, 0) is 4.79 Å². The van der Waals surface area contributed by atoms with Crippen molar-refractivity contribution in [2.24, 2.45) is 0 Å². The van der Waals surface area contributed by atoms with Crippen molar-refractivity contribution in [3.05, 3.63) is 0 Å². The zero-order chi connectivity index (χ0) is 9.42. The summed E-state index contributed by atoms with van der Waals surface area (Å²) in [4.78, 5) is 25.1. The van der Waals surface area contributed by atoms with Crippen LogP contribution in [0.3, 0.4) is 0 Å². The zero-order valence-corrected chi connectivity index (χ0v) is 7.27. The molecule has 0 aromatic rings. The lowest BCUT2D eigenvalue weighted by Gasteiger charge is -2.35. The minimum Gasteiger partial charge on any atom is -0.465 e. The Balaban J connectivity index is 2.03. The molecule has 0 bridgehead atoms. The fourth-order valence-corrected chi connectivity index (χ4v) is 2.04. The molecule has 2 saturated heterocycles. The van der Waals surface area contributed by atoms with Gasteiger partial charge < -0.3 is 14.9 Å². The van der Waals surface area contributed by atoms with E-state index in [1.807, 2.05) is 0 Å². The van der Waals surface area contributed by atoms with E-state index in [2.05, 4.69) is 0 Å². The number of hydrogen-bond acceptors (Lipinski definition) is 2.